The van der Waals surface area contributed by atoms with Crippen LogP contribution in [0.3, 0.4) is 0 Å². The zero-order valence-electron chi connectivity index (χ0n) is 15.4. The quantitative estimate of drug-likeness (QED) is 0.515. The second-order valence-electron chi connectivity index (χ2n) is 6.46. The van der Waals surface area contributed by atoms with Crippen LogP contribution >= 0.6 is 11.6 Å². The standard InChI is InChI=1S/C20H18ClN5O2/c1-24(12-14-11-22-25(2)13-14)20(27)17-10-18(19-4-3-9-28-19)26(23-17)16-7-5-15(21)6-8-16/h3-11,13H,12H2,1-2H3. The zero-order chi connectivity index (χ0) is 19.7. The number of amides is 1. The number of carbonyl (C=O) groups is 1. The van der Waals surface area contributed by atoms with Crippen molar-refractivity contribution >= 4 is 17.5 Å². The highest BCUT2D eigenvalue weighted by molar-refractivity contribution is 6.30. The first-order chi connectivity index (χ1) is 13.5. The molecule has 0 saturated heterocycles. The first-order valence-electron chi connectivity index (χ1n) is 8.64. The normalized spacial score (nSPS) is 11.0. The summed E-state index contributed by atoms with van der Waals surface area (Å²) < 4.78 is 8.92. The number of benzene rings is 1. The van der Waals surface area contributed by atoms with Gasteiger partial charge in [-0.3, -0.25) is 9.48 Å². The molecule has 0 aliphatic heterocycles. The number of hydrogen-bond donors (Lipinski definition) is 0. The summed E-state index contributed by atoms with van der Waals surface area (Å²) in [6.07, 6.45) is 5.21. The monoisotopic (exact) mass is 395 g/mol. The van der Waals surface area contributed by atoms with Crippen LogP contribution in [0.4, 0.5) is 0 Å². The highest BCUT2D eigenvalue weighted by Gasteiger charge is 2.21. The first-order valence-corrected chi connectivity index (χ1v) is 9.02. The van der Waals surface area contributed by atoms with Gasteiger partial charge in [0.25, 0.3) is 5.91 Å². The largest absolute Gasteiger partial charge is 0.463 e. The van der Waals surface area contributed by atoms with Crippen LogP contribution in [-0.4, -0.2) is 37.4 Å². The third-order valence-corrected chi connectivity index (χ3v) is 4.55. The minimum absolute atomic E-state index is 0.190. The summed E-state index contributed by atoms with van der Waals surface area (Å²) in [6, 6.07) is 12.6. The maximum Gasteiger partial charge on any atom is 0.274 e. The average Bonchev–Trinajstić information content (AvgIpc) is 3.42. The maximum atomic E-state index is 12.9. The van der Waals surface area contributed by atoms with Crippen LogP contribution in [0, 0.1) is 0 Å². The Balaban J connectivity index is 1.68. The van der Waals surface area contributed by atoms with Crippen molar-refractivity contribution in [2.45, 2.75) is 6.54 Å². The lowest BCUT2D eigenvalue weighted by atomic mass is 10.2. The molecule has 0 radical (unpaired) electrons. The molecule has 0 bridgehead atoms. The topological polar surface area (TPSA) is 69.1 Å². The van der Waals surface area contributed by atoms with Gasteiger partial charge in [0.1, 0.15) is 5.69 Å². The van der Waals surface area contributed by atoms with Gasteiger partial charge >= 0.3 is 0 Å². The smallest absolute Gasteiger partial charge is 0.274 e. The summed E-state index contributed by atoms with van der Waals surface area (Å²) >= 11 is 6.00. The second kappa shape index (κ2) is 7.36. The van der Waals surface area contributed by atoms with Crippen LogP contribution in [0.5, 0.6) is 0 Å². The molecule has 0 fully saturated rings. The van der Waals surface area contributed by atoms with E-state index in [9.17, 15) is 4.79 Å². The molecule has 142 valence electrons. The fraction of sp³-hybridized carbons (Fsp3) is 0.150. The SMILES string of the molecule is CN(Cc1cnn(C)c1)C(=O)c1cc(-c2ccco2)n(-c2ccc(Cl)cc2)n1. The van der Waals surface area contributed by atoms with Crippen molar-refractivity contribution in [1.82, 2.24) is 24.5 Å². The molecule has 4 aromatic rings. The Morgan fingerprint density at radius 2 is 2.04 bits per heavy atom. The summed E-state index contributed by atoms with van der Waals surface area (Å²) in [4.78, 5) is 14.6. The van der Waals surface area contributed by atoms with Crippen LogP contribution in [0.25, 0.3) is 17.1 Å². The van der Waals surface area contributed by atoms with E-state index in [1.807, 2.05) is 31.4 Å². The van der Waals surface area contributed by atoms with Gasteiger partial charge in [-0.1, -0.05) is 11.6 Å². The van der Waals surface area contributed by atoms with Gasteiger partial charge < -0.3 is 9.32 Å². The molecule has 1 aromatic carbocycles. The number of furan rings is 1. The van der Waals surface area contributed by atoms with E-state index >= 15 is 0 Å². The van der Waals surface area contributed by atoms with Gasteiger partial charge in [0.2, 0.25) is 0 Å². The van der Waals surface area contributed by atoms with Crippen molar-refractivity contribution in [2.24, 2.45) is 7.05 Å². The molecule has 0 unspecified atom stereocenters. The Hall–Kier alpha value is -3.32. The Morgan fingerprint density at radius 1 is 1.25 bits per heavy atom. The van der Waals surface area contributed by atoms with E-state index in [0.29, 0.717) is 28.7 Å². The molecule has 8 heteroatoms. The predicted octanol–water partition coefficient (Wildman–Crippen LogP) is 3.79. The molecule has 28 heavy (non-hydrogen) atoms. The minimum Gasteiger partial charge on any atom is -0.463 e. The minimum atomic E-state index is -0.190. The summed E-state index contributed by atoms with van der Waals surface area (Å²) in [5.41, 5.74) is 2.74. The third kappa shape index (κ3) is 3.57. The molecule has 0 saturated carbocycles. The summed E-state index contributed by atoms with van der Waals surface area (Å²) in [5.74, 6) is 0.431. The highest BCUT2D eigenvalue weighted by Crippen LogP contribution is 2.26. The molecule has 7 nitrogen and oxygen atoms in total. The zero-order valence-corrected chi connectivity index (χ0v) is 16.2. The van der Waals surface area contributed by atoms with Crippen molar-refractivity contribution in [3.05, 3.63) is 77.4 Å². The lowest BCUT2D eigenvalue weighted by molar-refractivity contribution is 0.0779. The second-order valence-corrected chi connectivity index (χ2v) is 6.90. The first kappa shape index (κ1) is 18.1. The summed E-state index contributed by atoms with van der Waals surface area (Å²) in [6.45, 7) is 0.441. The number of aryl methyl sites for hydroxylation is 1. The lowest BCUT2D eigenvalue weighted by Crippen LogP contribution is -2.26. The molecule has 0 spiro atoms. The molecule has 0 aliphatic carbocycles. The van der Waals surface area contributed by atoms with Gasteiger partial charge in [-0.2, -0.15) is 10.2 Å². The number of carbonyl (C=O) groups excluding carboxylic acids is 1. The van der Waals surface area contributed by atoms with Crippen LogP contribution in [0.2, 0.25) is 5.02 Å². The van der Waals surface area contributed by atoms with E-state index in [1.165, 1.54) is 0 Å². The number of aromatic nitrogens is 4. The van der Waals surface area contributed by atoms with Gasteiger partial charge in [0, 0.05) is 43.5 Å². The molecule has 0 aliphatic rings. The van der Waals surface area contributed by atoms with Crippen LogP contribution in [0.1, 0.15) is 16.1 Å². The van der Waals surface area contributed by atoms with E-state index in [2.05, 4.69) is 10.2 Å². The molecule has 0 atom stereocenters. The highest BCUT2D eigenvalue weighted by atomic mass is 35.5. The van der Waals surface area contributed by atoms with Gasteiger partial charge in [-0.05, 0) is 36.4 Å². The Morgan fingerprint density at radius 3 is 2.68 bits per heavy atom. The van der Waals surface area contributed by atoms with Crippen molar-refractivity contribution in [3.63, 3.8) is 0 Å². The van der Waals surface area contributed by atoms with E-state index in [0.717, 1.165) is 11.3 Å². The number of nitrogens with zero attached hydrogens (tertiary/aromatic N) is 5. The van der Waals surface area contributed by atoms with Crippen molar-refractivity contribution in [2.75, 3.05) is 7.05 Å². The molecule has 3 heterocycles. The van der Waals surface area contributed by atoms with Crippen LogP contribution in [0.15, 0.2) is 65.5 Å². The average molecular weight is 396 g/mol. The van der Waals surface area contributed by atoms with Gasteiger partial charge in [0.15, 0.2) is 11.5 Å². The van der Waals surface area contributed by atoms with E-state index < -0.39 is 0 Å². The van der Waals surface area contributed by atoms with Crippen molar-refractivity contribution in [1.29, 1.82) is 0 Å². The fourth-order valence-corrected chi connectivity index (χ4v) is 3.09. The molecule has 3 aromatic heterocycles. The molecular weight excluding hydrogens is 378 g/mol. The number of halogens is 1. The van der Waals surface area contributed by atoms with E-state index in [4.69, 9.17) is 16.0 Å². The van der Waals surface area contributed by atoms with Crippen LogP contribution < -0.4 is 0 Å². The van der Waals surface area contributed by atoms with Gasteiger partial charge in [-0.15, -0.1) is 0 Å². The Bertz CT molecular complexity index is 1100. The number of rotatable bonds is 5. The van der Waals surface area contributed by atoms with Crippen molar-refractivity contribution in [3.8, 4) is 17.1 Å². The molecule has 4 rings (SSSR count). The number of hydrogen-bond acceptors (Lipinski definition) is 4. The van der Waals surface area contributed by atoms with Gasteiger partial charge in [0.05, 0.1) is 18.1 Å². The fourth-order valence-electron chi connectivity index (χ4n) is 2.96. The van der Waals surface area contributed by atoms with E-state index in [-0.39, 0.29) is 5.91 Å². The lowest BCUT2D eigenvalue weighted by Gasteiger charge is -2.14. The molecule has 1 amide bonds. The maximum absolute atomic E-state index is 12.9. The predicted molar refractivity (Wildman–Crippen MR) is 105 cm³/mol. The van der Waals surface area contributed by atoms with Crippen molar-refractivity contribution < 1.29 is 9.21 Å². The molecular formula is C20H18ClN5O2. The summed E-state index contributed by atoms with van der Waals surface area (Å²) in [5, 5.41) is 9.30. The summed E-state index contributed by atoms with van der Waals surface area (Å²) in [7, 11) is 3.58. The van der Waals surface area contributed by atoms with Crippen LogP contribution in [-0.2, 0) is 13.6 Å². The Kier molecular flexibility index (Phi) is 4.75. The van der Waals surface area contributed by atoms with Gasteiger partial charge in [-0.25, -0.2) is 4.68 Å². The molecule has 0 N–H and O–H groups in total. The van der Waals surface area contributed by atoms with E-state index in [1.54, 1.807) is 58.0 Å². The Labute approximate surface area is 166 Å². The third-order valence-electron chi connectivity index (χ3n) is 4.30.